The monoisotopic (exact) mass is 208 g/mol. The van der Waals surface area contributed by atoms with Crippen molar-refractivity contribution < 1.29 is 13.9 Å². The Morgan fingerprint density at radius 2 is 2.20 bits per heavy atom. The lowest BCUT2D eigenvalue weighted by molar-refractivity contribution is 0.111. The molecule has 0 N–H and O–H groups in total. The van der Waals surface area contributed by atoms with Crippen molar-refractivity contribution in [1.29, 1.82) is 0 Å². The van der Waals surface area contributed by atoms with Gasteiger partial charge in [-0.1, -0.05) is 11.6 Å². The predicted molar refractivity (Wildman–Crippen MR) is 56.7 cm³/mol. The normalized spacial score (nSPS) is 9.53. The van der Waals surface area contributed by atoms with Crippen molar-refractivity contribution in [3.63, 3.8) is 0 Å². The molecule has 0 saturated heterocycles. The Morgan fingerprint density at radius 1 is 1.47 bits per heavy atom. The lowest BCUT2D eigenvalue weighted by atomic mass is 10.2. The van der Waals surface area contributed by atoms with Crippen LogP contribution in [0.5, 0.6) is 5.75 Å². The topological polar surface area (TPSA) is 26.3 Å². The molecule has 3 heteroatoms. The van der Waals surface area contributed by atoms with Crippen LogP contribution >= 0.6 is 0 Å². The van der Waals surface area contributed by atoms with Crippen molar-refractivity contribution in [3.8, 4) is 5.75 Å². The van der Waals surface area contributed by atoms with Crippen molar-refractivity contribution in [2.45, 2.75) is 13.8 Å². The lowest BCUT2D eigenvalue weighted by Crippen LogP contribution is -2.00. The molecule has 2 nitrogen and oxygen atoms in total. The fraction of sp³-hybridized carbons (Fsp3) is 0.250. The zero-order valence-electron chi connectivity index (χ0n) is 8.79. The second-order valence-corrected chi connectivity index (χ2v) is 3.37. The van der Waals surface area contributed by atoms with Crippen molar-refractivity contribution in [2.75, 3.05) is 6.61 Å². The molecule has 80 valence electrons. The van der Waals surface area contributed by atoms with Gasteiger partial charge in [-0.15, -0.1) is 0 Å². The minimum absolute atomic E-state index is 0.0185. The van der Waals surface area contributed by atoms with Crippen molar-refractivity contribution in [3.05, 3.63) is 41.2 Å². The molecule has 1 aromatic rings. The standard InChI is InChI=1S/C12H13FO2/c1-9(2)6-7-15-12-10(8-14)4-3-5-11(12)13/h3-6,8H,7H2,1-2H3. The van der Waals surface area contributed by atoms with Crippen molar-refractivity contribution in [1.82, 2.24) is 0 Å². The van der Waals surface area contributed by atoms with E-state index >= 15 is 0 Å². The van der Waals surface area contributed by atoms with Gasteiger partial charge in [0, 0.05) is 0 Å². The van der Waals surface area contributed by atoms with Crippen molar-refractivity contribution in [2.24, 2.45) is 0 Å². The van der Waals surface area contributed by atoms with Crippen LogP contribution < -0.4 is 4.74 Å². The van der Waals surface area contributed by atoms with Gasteiger partial charge in [0.1, 0.15) is 6.61 Å². The third-order valence-corrected chi connectivity index (χ3v) is 1.84. The number of ether oxygens (including phenoxy) is 1. The Morgan fingerprint density at radius 3 is 2.80 bits per heavy atom. The lowest BCUT2D eigenvalue weighted by Gasteiger charge is -2.07. The first-order valence-corrected chi connectivity index (χ1v) is 4.65. The van der Waals surface area contributed by atoms with Gasteiger partial charge in [0.15, 0.2) is 17.9 Å². The van der Waals surface area contributed by atoms with Crippen LogP contribution in [0, 0.1) is 5.82 Å². The van der Waals surface area contributed by atoms with Gasteiger partial charge in [-0.25, -0.2) is 4.39 Å². The maximum absolute atomic E-state index is 13.3. The molecule has 0 amide bonds. The van der Waals surface area contributed by atoms with Crippen LogP contribution in [0.4, 0.5) is 4.39 Å². The van der Waals surface area contributed by atoms with E-state index in [2.05, 4.69) is 0 Å². The minimum Gasteiger partial charge on any atom is -0.486 e. The predicted octanol–water partition coefficient (Wildman–Crippen LogP) is 2.98. The van der Waals surface area contributed by atoms with Crippen LogP contribution in [-0.2, 0) is 0 Å². The summed E-state index contributed by atoms with van der Waals surface area (Å²) in [6.45, 7) is 4.11. The molecule has 0 saturated carbocycles. The Hall–Kier alpha value is -1.64. The van der Waals surface area contributed by atoms with E-state index in [4.69, 9.17) is 4.74 Å². The van der Waals surface area contributed by atoms with Gasteiger partial charge < -0.3 is 4.74 Å². The maximum atomic E-state index is 13.3. The Bertz CT molecular complexity index is 379. The van der Waals surface area contributed by atoms with Crippen LogP contribution in [0.15, 0.2) is 29.8 Å². The third-order valence-electron chi connectivity index (χ3n) is 1.84. The molecule has 0 radical (unpaired) electrons. The van der Waals surface area contributed by atoms with Crippen LogP contribution in [0.3, 0.4) is 0 Å². The average molecular weight is 208 g/mol. The molecular weight excluding hydrogens is 195 g/mol. The molecule has 0 atom stereocenters. The highest BCUT2D eigenvalue weighted by molar-refractivity contribution is 5.79. The maximum Gasteiger partial charge on any atom is 0.165 e. The average Bonchev–Trinajstić information content (AvgIpc) is 2.20. The largest absolute Gasteiger partial charge is 0.486 e. The van der Waals surface area contributed by atoms with Gasteiger partial charge in [-0.2, -0.15) is 0 Å². The molecule has 0 aliphatic rings. The zero-order chi connectivity index (χ0) is 11.3. The van der Waals surface area contributed by atoms with E-state index in [-0.39, 0.29) is 17.9 Å². The second kappa shape index (κ2) is 5.29. The Kier molecular flexibility index (Phi) is 4.03. The molecule has 15 heavy (non-hydrogen) atoms. The Balaban J connectivity index is 2.83. The summed E-state index contributed by atoms with van der Waals surface area (Å²) in [5.74, 6) is -0.494. The van der Waals surface area contributed by atoms with E-state index in [0.717, 1.165) is 5.57 Å². The van der Waals surface area contributed by atoms with E-state index in [9.17, 15) is 9.18 Å². The fourth-order valence-corrected chi connectivity index (χ4v) is 1.06. The van der Waals surface area contributed by atoms with E-state index in [1.165, 1.54) is 18.2 Å². The van der Waals surface area contributed by atoms with E-state index < -0.39 is 5.82 Å². The number of rotatable bonds is 4. The molecule has 1 aromatic carbocycles. The van der Waals surface area contributed by atoms with Crippen LogP contribution in [0.25, 0.3) is 0 Å². The highest BCUT2D eigenvalue weighted by Crippen LogP contribution is 2.20. The summed E-state index contributed by atoms with van der Waals surface area (Å²) in [5, 5.41) is 0. The molecular formula is C12H13FO2. The molecule has 0 heterocycles. The first-order valence-electron chi connectivity index (χ1n) is 4.65. The van der Waals surface area contributed by atoms with Crippen LogP contribution in [-0.4, -0.2) is 12.9 Å². The van der Waals surface area contributed by atoms with Crippen LogP contribution in [0.2, 0.25) is 0 Å². The molecule has 0 bridgehead atoms. The quantitative estimate of drug-likeness (QED) is 0.561. The molecule has 0 aliphatic carbocycles. The summed E-state index contributed by atoms with van der Waals surface area (Å²) >= 11 is 0. The summed E-state index contributed by atoms with van der Waals surface area (Å²) in [6.07, 6.45) is 2.40. The molecule has 0 unspecified atom stereocenters. The van der Waals surface area contributed by atoms with Gasteiger partial charge >= 0.3 is 0 Å². The van der Waals surface area contributed by atoms with Gasteiger partial charge in [0.05, 0.1) is 5.56 Å². The minimum atomic E-state index is -0.512. The molecule has 1 rings (SSSR count). The van der Waals surface area contributed by atoms with E-state index in [1.54, 1.807) is 0 Å². The van der Waals surface area contributed by atoms with Crippen LogP contribution in [0.1, 0.15) is 24.2 Å². The number of aldehydes is 1. The van der Waals surface area contributed by atoms with Gasteiger partial charge in [0.25, 0.3) is 0 Å². The first kappa shape index (κ1) is 11.4. The van der Waals surface area contributed by atoms with Gasteiger partial charge in [-0.3, -0.25) is 4.79 Å². The summed E-state index contributed by atoms with van der Waals surface area (Å²) in [6, 6.07) is 4.27. The summed E-state index contributed by atoms with van der Waals surface area (Å²) < 4.78 is 18.4. The Labute approximate surface area is 88.4 Å². The first-order chi connectivity index (χ1) is 7.15. The van der Waals surface area contributed by atoms with Gasteiger partial charge in [0.2, 0.25) is 0 Å². The smallest absolute Gasteiger partial charge is 0.165 e. The number of allylic oxidation sites excluding steroid dienone is 1. The fourth-order valence-electron chi connectivity index (χ4n) is 1.06. The molecule has 0 aliphatic heterocycles. The van der Waals surface area contributed by atoms with Gasteiger partial charge in [-0.05, 0) is 32.1 Å². The number of hydrogen-bond acceptors (Lipinski definition) is 2. The summed E-state index contributed by atoms with van der Waals surface area (Å²) in [7, 11) is 0. The third kappa shape index (κ3) is 3.20. The van der Waals surface area contributed by atoms with E-state index in [0.29, 0.717) is 6.29 Å². The zero-order valence-corrected chi connectivity index (χ0v) is 8.79. The number of carbonyl (C=O) groups is 1. The van der Waals surface area contributed by atoms with Crippen molar-refractivity contribution >= 4 is 6.29 Å². The van der Waals surface area contributed by atoms with E-state index in [1.807, 2.05) is 19.9 Å². The molecule has 0 aromatic heterocycles. The summed E-state index contributed by atoms with van der Waals surface area (Å²) in [5.41, 5.74) is 1.32. The molecule has 0 fully saturated rings. The SMILES string of the molecule is CC(C)=CCOc1c(F)cccc1C=O. The molecule has 0 spiro atoms. The number of benzene rings is 1. The highest BCUT2D eigenvalue weighted by Gasteiger charge is 2.07. The highest BCUT2D eigenvalue weighted by atomic mass is 19.1. The number of hydrogen-bond donors (Lipinski definition) is 0. The number of para-hydroxylation sites is 1. The summed E-state index contributed by atoms with van der Waals surface area (Å²) in [4.78, 5) is 10.6. The second-order valence-electron chi connectivity index (χ2n) is 3.37. The number of carbonyl (C=O) groups excluding carboxylic acids is 1. The number of halogens is 1.